The highest BCUT2D eigenvalue weighted by Gasteiger charge is 2.20. The van der Waals surface area contributed by atoms with E-state index >= 15 is 0 Å². The summed E-state index contributed by atoms with van der Waals surface area (Å²) in [4.78, 5) is 14.4. The minimum atomic E-state index is 0.267. The third kappa shape index (κ3) is 5.48. The average Bonchev–Trinajstić information content (AvgIpc) is 2.53. The average molecular weight is 289 g/mol. The fraction of sp³-hybridized carbons (Fsp3) is 0.588. The molecule has 4 nitrogen and oxygen atoms in total. The maximum absolute atomic E-state index is 12.5. The summed E-state index contributed by atoms with van der Waals surface area (Å²) in [6.07, 6.45) is 3.80. The fourth-order valence-electron chi connectivity index (χ4n) is 2.89. The second-order valence-electron chi connectivity index (χ2n) is 5.80. The minimum Gasteiger partial charge on any atom is -0.341 e. The van der Waals surface area contributed by atoms with E-state index < -0.39 is 0 Å². The Morgan fingerprint density at radius 2 is 1.90 bits per heavy atom. The molecule has 1 saturated heterocycles. The van der Waals surface area contributed by atoms with Crippen LogP contribution >= 0.6 is 0 Å². The maximum atomic E-state index is 12.5. The van der Waals surface area contributed by atoms with Gasteiger partial charge < -0.3 is 16.0 Å². The highest BCUT2D eigenvalue weighted by Crippen LogP contribution is 2.17. The van der Waals surface area contributed by atoms with Crippen molar-refractivity contribution in [1.29, 1.82) is 0 Å². The molecule has 116 valence electrons. The molecular formula is C17H27N3O. The highest BCUT2D eigenvalue weighted by molar-refractivity contribution is 5.76. The van der Waals surface area contributed by atoms with Gasteiger partial charge in [0.15, 0.2) is 0 Å². The summed E-state index contributed by atoms with van der Waals surface area (Å²) >= 11 is 0. The molecule has 21 heavy (non-hydrogen) atoms. The van der Waals surface area contributed by atoms with E-state index in [1.54, 1.807) is 0 Å². The van der Waals surface area contributed by atoms with Crippen LogP contribution in [0.15, 0.2) is 30.3 Å². The number of amides is 1. The van der Waals surface area contributed by atoms with Crippen molar-refractivity contribution in [3.63, 3.8) is 0 Å². The Bertz CT molecular complexity index is 415. The van der Waals surface area contributed by atoms with Crippen molar-refractivity contribution < 1.29 is 4.79 Å². The van der Waals surface area contributed by atoms with Gasteiger partial charge in [-0.1, -0.05) is 30.3 Å². The minimum absolute atomic E-state index is 0.267. The summed E-state index contributed by atoms with van der Waals surface area (Å²) in [6, 6.07) is 10.3. The topological polar surface area (TPSA) is 58.4 Å². The lowest BCUT2D eigenvalue weighted by Crippen LogP contribution is -2.39. The first kappa shape index (κ1) is 16.0. The first-order chi connectivity index (χ1) is 10.3. The third-order valence-electron chi connectivity index (χ3n) is 4.19. The van der Waals surface area contributed by atoms with E-state index in [1.165, 1.54) is 5.56 Å². The van der Waals surface area contributed by atoms with Crippen LogP contribution < -0.4 is 11.1 Å². The van der Waals surface area contributed by atoms with Gasteiger partial charge >= 0.3 is 0 Å². The quantitative estimate of drug-likeness (QED) is 0.798. The normalized spacial score (nSPS) is 15.9. The Balaban J connectivity index is 1.83. The number of carbonyl (C=O) groups is 1. The number of hydrogen-bond acceptors (Lipinski definition) is 3. The molecule has 1 amide bonds. The number of hydrogen-bond donors (Lipinski definition) is 2. The van der Waals surface area contributed by atoms with E-state index in [0.29, 0.717) is 25.4 Å². The van der Waals surface area contributed by atoms with Crippen molar-refractivity contribution in [3.05, 3.63) is 35.9 Å². The molecule has 2 rings (SSSR count). The van der Waals surface area contributed by atoms with Gasteiger partial charge in [-0.3, -0.25) is 4.79 Å². The smallest absolute Gasteiger partial charge is 0.222 e. The lowest BCUT2D eigenvalue weighted by atomic mass is 9.94. The van der Waals surface area contributed by atoms with Crippen LogP contribution in [0.1, 0.15) is 24.8 Å². The standard InChI is InChI=1S/C17H27N3O/c18-9-13-20(12-8-15-4-2-1-3-5-15)17(21)14-16-6-10-19-11-7-16/h1-5,16,19H,6-14,18H2. The van der Waals surface area contributed by atoms with Gasteiger partial charge in [0.1, 0.15) is 0 Å². The molecule has 0 atom stereocenters. The Morgan fingerprint density at radius 3 is 2.57 bits per heavy atom. The van der Waals surface area contributed by atoms with Gasteiger partial charge in [-0.05, 0) is 43.8 Å². The van der Waals surface area contributed by atoms with Crippen LogP contribution in [0.5, 0.6) is 0 Å². The van der Waals surface area contributed by atoms with Gasteiger partial charge in [0, 0.05) is 26.1 Å². The van der Waals surface area contributed by atoms with Crippen LogP contribution in [0.25, 0.3) is 0 Å². The predicted molar refractivity (Wildman–Crippen MR) is 86.0 cm³/mol. The number of nitrogens with zero attached hydrogens (tertiary/aromatic N) is 1. The van der Waals surface area contributed by atoms with Crippen LogP contribution in [-0.2, 0) is 11.2 Å². The second-order valence-corrected chi connectivity index (χ2v) is 5.80. The van der Waals surface area contributed by atoms with Crippen molar-refractivity contribution in [3.8, 4) is 0 Å². The van der Waals surface area contributed by atoms with Crippen LogP contribution in [0.4, 0.5) is 0 Å². The third-order valence-corrected chi connectivity index (χ3v) is 4.19. The molecule has 0 bridgehead atoms. The van der Waals surface area contributed by atoms with Crippen molar-refractivity contribution in [2.45, 2.75) is 25.7 Å². The zero-order valence-electron chi connectivity index (χ0n) is 12.8. The molecule has 1 fully saturated rings. The fourth-order valence-corrected chi connectivity index (χ4v) is 2.89. The molecule has 1 aromatic rings. The number of rotatable bonds is 7. The molecule has 1 aliphatic rings. The van der Waals surface area contributed by atoms with E-state index in [-0.39, 0.29) is 5.91 Å². The summed E-state index contributed by atoms with van der Waals surface area (Å²) in [5.41, 5.74) is 6.94. The van der Waals surface area contributed by atoms with E-state index in [9.17, 15) is 4.79 Å². The second kappa shape index (κ2) is 8.80. The molecule has 4 heteroatoms. The Labute approximate surface area is 127 Å². The molecule has 0 aliphatic carbocycles. The van der Waals surface area contributed by atoms with Crippen molar-refractivity contribution in [1.82, 2.24) is 10.2 Å². The summed E-state index contributed by atoms with van der Waals surface area (Å²) in [7, 11) is 0. The molecular weight excluding hydrogens is 262 g/mol. The molecule has 0 spiro atoms. The first-order valence-electron chi connectivity index (χ1n) is 8.02. The number of piperidine rings is 1. The van der Waals surface area contributed by atoms with Crippen LogP contribution in [-0.4, -0.2) is 43.5 Å². The number of benzene rings is 1. The van der Waals surface area contributed by atoms with Crippen LogP contribution in [0.2, 0.25) is 0 Å². The number of carbonyl (C=O) groups excluding carboxylic acids is 1. The molecule has 1 heterocycles. The summed E-state index contributed by atoms with van der Waals surface area (Å²) in [5, 5.41) is 3.34. The Kier molecular flexibility index (Phi) is 6.70. The number of nitrogens with one attached hydrogen (secondary N) is 1. The van der Waals surface area contributed by atoms with Crippen LogP contribution in [0.3, 0.4) is 0 Å². The van der Waals surface area contributed by atoms with E-state index in [4.69, 9.17) is 5.73 Å². The van der Waals surface area contributed by atoms with Crippen molar-refractivity contribution in [2.75, 3.05) is 32.7 Å². The molecule has 0 unspecified atom stereocenters. The lowest BCUT2D eigenvalue weighted by molar-refractivity contribution is -0.132. The first-order valence-corrected chi connectivity index (χ1v) is 8.02. The lowest BCUT2D eigenvalue weighted by Gasteiger charge is -2.27. The Morgan fingerprint density at radius 1 is 1.19 bits per heavy atom. The van der Waals surface area contributed by atoms with Gasteiger partial charge in [-0.25, -0.2) is 0 Å². The van der Waals surface area contributed by atoms with E-state index in [2.05, 4.69) is 17.4 Å². The molecule has 0 saturated carbocycles. The SMILES string of the molecule is NCCN(CCc1ccccc1)C(=O)CC1CCNCC1. The van der Waals surface area contributed by atoms with Gasteiger partial charge in [0.25, 0.3) is 0 Å². The maximum Gasteiger partial charge on any atom is 0.222 e. The van der Waals surface area contributed by atoms with E-state index in [1.807, 2.05) is 23.1 Å². The molecule has 1 aliphatic heterocycles. The van der Waals surface area contributed by atoms with Gasteiger partial charge in [-0.15, -0.1) is 0 Å². The van der Waals surface area contributed by atoms with Crippen molar-refractivity contribution in [2.24, 2.45) is 11.7 Å². The van der Waals surface area contributed by atoms with Gasteiger partial charge in [0.05, 0.1) is 0 Å². The van der Waals surface area contributed by atoms with Gasteiger partial charge in [0.2, 0.25) is 5.91 Å². The molecule has 3 N–H and O–H groups in total. The molecule has 1 aromatic carbocycles. The highest BCUT2D eigenvalue weighted by atomic mass is 16.2. The summed E-state index contributed by atoms with van der Waals surface area (Å²) in [5.74, 6) is 0.805. The number of nitrogens with two attached hydrogens (primary N) is 1. The summed E-state index contributed by atoms with van der Waals surface area (Å²) in [6.45, 7) is 4.05. The zero-order valence-corrected chi connectivity index (χ0v) is 12.8. The Hall–Kier alpha value is -1.39. The predicted octanol–water partition coefficient (Wildman–Crippen LogP) is 1.41. The zero-order chi connectivity index (χ0) is 14.9. The molecule has 0 radical (unpaired) electrons. The molecule has 0 aromatic heterocycles. The monoisotopic (exact) mass is 289 g/mol. The van der Waals surface area contributed by atoms with E-state index in [0.717, 1.165) is 38.9 Å². The summed E-state index contributed by atoms with van der Waals surface area (Å²) < 4.78 is 0. The van der Waals surface area contributed by atoms with Crippen LogP contribution in [0, 0.1) is 5.92 Å². The van der Waals surface area contributed by atoms with Crippen molar-refractivity contribution >= 4 is 5.91 Å². The van der Waals surface area contributed by atoms with Gasteiger partial charge in [-0.2, -0.15) is 0 Å². The largest absolute Gasteiger partial charge is 0.341 e.